The molecule has 0 spiro atoms. The monoisotopic (exact) mass is 255 g/mol. The first-order chi connectivity index (χ1) is 8.61. The molecule has 0 saturated heterocycles. The number of aromatic nitrogens is 3. The number of carbonyl (C=O) groups is 1. The Bertz CT molecular complexity index is 428. The van der Waals surface area contributed by atoms with E-state index in [0.29, 0.717) is 23.9 Å². The Morgan fingerprint density at radius 1 is 1.61 bits per heavy atom. The van der Waals surface area contributed by atoms with Crippen molar-refractivity contribution in [2.75, 3.05) is 7.11 Å². The van der Waals surface area contributed by atoms with Crippen LogP contribution in [0.2, 0.25) is 0 Å². The van der Waals surface area contributed by atoms with Crippen molar-refractivity contribution in [2.24, 2.45) is 5.92 Å². The number of carboxylic acid groups (broad SMARTS) is 1. The number of hydrogen-bond donors (Lipinski definition) is 2. The summed E-state index contributed by atoms with van der Waals surface area (Å²) in [4.78, 5) is 10.7. The Morgan fingerprint density at radius 3 is 2.89 bits per heavy atom. The molecular formula is C11H17N3O4. The minimum Gasteiger partial charge on any atom is -0.481 e. The van der Waals surface area contributed by atoms with Gasteiger partial charge in [0.1, 0.15) is 0 Å². The van der Waals surface area contributed by atoms with Crippen LogP contribution in [0.15, 0.2) is 0 Å². The number of carboxylic acids is 1. The van der Waals surface area contributed by atoms with Crippen molar-refractivity contribution < 1.29 is 19.7 Å². The molecule has 0 aromatic carbocycles. The highest BCUT2D eigenvalue weighted by Gasteiger charge is 2.31. The van der Waals surface area contributed by atoms with Gasteiger partial charge in [-0.3, -0.25) is 4.79 Å². The summed E-state index contributed by atoms with van der Waals surface area (Å²) in [6.45, 7) is 0.586. The van der Waals surface area contributed by atoms with Crippen LogP contribution in [0.25, 0.3) is 0 Å². The summed E-state index contributed by atoms with van der Waals surface area (Å²) in [5.41, 5.74) is 1.02. The molecule has 1 unspecified atom stereocenters. The van der Waals surface area contributed by atoms with Gasteiger partial charge in [0.15, 0.2) is 0 Å². The summed E-state index contributed by atoms with van der Waals surface area (Å²) in [7, 11) is 1.53. The number of aliphatic hydroxyl groups excluding tert-OH is 1. The van der Waals surface area contributed by atoms with Crippen molar-refractivity contribution in [3.8, 4) is 0 Å². The molecule has 1 atom stereocenters. The van der Waals surface area contributed by atoms with Crippen LogP contribution in [0.5, 0.6) is 0 Å². The average Bonchev–Trinajstić information content (AvgIpc) is 3.09. The molecular weight excluding hydrogens is 238 g/mol. The summed E-state index contributed by atoms with van der Waals surface area (Å²) in [5.74, 6) is -0.616. The number of methoxy groups -OCH3 is 1. The normalized spacial score (nSPS) is 16.8. The highest BCUT2D eigenvalue weighted by molar-refractivity contribution is 5.69. The van der Waals surface area contributed by atoms with Gasteiger partial charge in [-0.2, -0.15) is 0 Å². The van der Waals surface area contributed by atoms with Crippen LogP contribution in [0.1, 0.15) is 24.2 Å². The van der Waals surface area contributed by atoms with Gasteiger partial charge in [0.25, 0.3) is 0 Å². The third-order valence-corrected chi connectivity index (χ3v) is 3.04. The number of rotatable bonds is 7. The van der Waals surface area contributed by atoms with E-state index in [1.165, 1.54) is 7.11 Å². The Morgan fingerprint density at radius 2 is 2.33 bits per heavy atom. The zero-order valence-electron chi connectivity index (χ0n) is 10.2. The molecule has 0 radical (unpaired) electrons. The third-order valence-electron chi connectivity index (χ3n) is 3.04. The topological polar surface area (TPSA) is 97.5 Å². The maximum absolute atomic E-state index is 10.7. The molecule has 18 heavy (non-hydrogen) atoms. The van der Waals surface area contributed by atoms with Crippen LogP contribution < -0.4 is 0 Å². The summed E-state index contributed by atoms with van der Waals surface area (Å²) in [6.07, 6.45) is 1.45. The van der Waals surface area contributed by atoms with Gasteiger partial charge in [-0.25, -0.2) is 4.68 Å². The molecule has 1 aromatic heterocycles. The van der Waals surface area contributed by atoms with Gasteiger partial charge in [-0.05, 0) is 18.8 Å². The van der Waals surface area contributed by atoms with Crippen LogP contribution >= 0.6 is 0 Å². The van der Waals surface area contributed by atoms with Crippen LogP contribution in [-0.4, -0.2) is 44.4 Å². The Labute approximate surface area is 104 Å². The lowest BCUT2D eigenvalue weighted by atomic mass is 10.2. The molecule has 7 heteroatoms. The highest BCUT2D eigenvalue weighted by Crippen LogP contribution is 2.33. The predicted molar refractivity (Wildman–Crippen MR) is 60.8 cm³/mol. The van der Waals surface area contributed by atoms with Crippen LogP contribution in [0, 0.1) is 5.92 Å². The van der Waals surface area contributed by atoms with Crippen LogP contribution in [-0.2, 0) is 29.1 Å². The van der Waals surface area contributed by atoms with Crippen molar-refractivity contribution in [2.45, 2.75) is 38.5 Å². The van der Waals surface area contributed by atoms with E-state index >= 15 is 0 Å². The number of aliphatic hydroxyl groups is 1. The maximum Gasteiger partial charge on any atom is 0.309 e. The van der Waals surface area contributed by atoms with E-state index in [-0.39, 0.29) is 13.0 Å². The molecule has 0 bridgehead atoms. The first kappa shape index (κ1) is 13.0. The highest BCUT2D eigenvalue weighted by atomic mass is 16.5. The summed E-state index contributed by atoms with van der Waals surface area (Å²) in [5, 5.41) is 26.4. The standard InChI is InChI=1S/C11H17N3O4/c1-18-6-9-8(4-11(16)17)12-13-14(9)5-10(15)7-2-3-7/h7,10,15H,2-6H2,1H3,(H,16,17). The number of ether oxygens (including phenoxy) is 1. The Hall–Kier alpha value is -1.47. The van der Waals surface area contributed by atoms with Gasteiger partial charge in [-0.15, -0.1) is 5.10 Å². The second-order valence-electron chi connectivity index (χ2n) is 4.57. The van der Waals surface area contributed by atoms with Crippen molar-refractivity contribution in [3.63, 3.8) is 0 Å². The van der Waals surface area contributed by atoms with E-state index < -0.39 is 12.1 Å². The van der Waals surface area contributed by atoms with Gasteiger partial charge in [0.05, 0.1) is 37.1 Å². The van der Waals surface area contributed by atoms with Crippen LogP contribution in [0.4, 0.5) is 0 Å². The summed E-state index contributed by atoms with van der Waals surface area (Å²) >= 11 is 0. The lowest BCUT2D eigenvalue weighted by Crippen LogP contribution is -2.21. The van der Waals surface area contributed by atoms with Gasteiger partial charge >= 0.3 is 5.97 Å². The zero-order valence-corrected chi connectivity index (χ0v) is 10.2. The Balaban J connectivity index is 2.12. The molecule has 2 rings (SSSR count). The van der Waals surface area contributed by atoms with Gasteiger partial charge < -0.3 is 14.9 Å². The van der Waals surface area contributed by atoms with Gasteiger partial charge in [0.2, 0.25) is 0 Å². The molecule has 1 aliphatic carbocycles. The van der Waals surface area contributed by atoms with Crippen molar-refractivity contribution in [1.29, 1.82) is 0 Å². The quantitative estimate of drug-likeness (QED) is 0.701. The number of hydrogen-bond acceptors (Lipinski definition) is 5. The van der Waals surface area contributed by atoms with E-state index in [0.717, 1.165) is 12.8 Å². The Kier molecular flexibility index (Phi) is 3.93. The fraction of sp³-hybridized carbons (Fsp3) is 0.727. The fourth-order valence-electron chi connectivity index (χ4n) is 1.90. The maximum atomic E-state index is 10.7. The zero-order chi connectivity index (χ0) is 13.1. The lowest BCUT2D eigenvalue weighted by Gasteiger charge is -2.11. The SMILES string of the molecule is COCc1c(CC(=O)O)nnn1CC(O)C1CC1. The van der Waals surface area contributed by atoms with E-state index in [2.05, 4.69) is 10.3 Å². The molecule has 1 heterocycles. The average molecular weight is 255 g/mol. The van der Waals surface area contributed by atoms with E-state index in [1.807, 2.05) is 0 Å². The molecule has 1 fully saturated rings. The molecule has 7 nitrogen and oxygen atoms in total. The van der Waals surface area contributed by atoms with Crippen molar-refractivity contribution in [1.82, 2.24) is 15.0 Å². The van der Waals surface area contributed by atoms with Gasteiger partial charge in [0, 0.05) is 7.11 Å². The summed E-state index contributed by atoms with van der Waals surface area (Å²) in [6, 6.07) is 0. The fourth-order valence-corrected chi connectivity index (χ4v) is 1.90. The van der Waals surface area contributed by atoms with Crippen LogP contribution in [0.3, 0.4) is 0 Å². The number of nitrogens with zero attached hydrogens (tertiary/aromatic N) is 3. The second kappa shape index (κ2) is 5.45. The first-order valence-electron chi connectivity index (χ1n) is 5.92. The van der Waals surface area contributed by atoms with Gasteiger partial charge in [-0.1, -0.05) is 5.21 Å². The second-order valence-corrected chi connectivity index (χ2v) is 4.57. The minimum atomic E-state index is -0.956. The lowest BCUT2D eigenvalue weighted by molar-refractivity contribution is -0.136. The summed E-state index contributed by atoms with van der Waals surface area (Å²) < 4.78 is 6.58. The van der Waals surface area contributed by atoms with E-state index in [1.54, 1.807) is 4.68 Å². The largest absolute Gasteiger partial charge is 0.481 e. The molecule has 1 aliphatic rings. The van der Waals surface area contributed by atoms with E-state index in [4.69, 9.17) is 9.84 Å². The predicted octanol–water partition coefficient (Wildman–Crippen LogP) is -0.178. The first-order valence-corrected chi connectivity index (χ1v) is 5.92. The van der Waals surface area contributed by atoms with Crippen molar-refractivity contribution in [3.05, 3.63) is 11.4 Å². The molecule has 1 aromatic rings. The minimum absolute atomic E-state index is 0.182. The smallest absolute Gasteiger partial charge is 0.309 e. The molecule has 0 amide bonds. The van der Waals surface area contributed by atoms with E-state index in [9.17, 15) is 9.90 Å². The molecule has 1 saturated carbocycles. The molecule has 100 valence electrons. The van der Waals surface area contributed by atoms with Crippen molar-refractivity contribution >= 4 is 5.97 Å². The molecule has 2 N–H and O–H groups in total. The third kappa shape index (κ3) is 3.05. The molecule has 0 aliphatic heterocycles. The number of aliphatic carboxylic acids is 1.